The van der Waals surface area contributed by atoms with Crippen LogP contribution >= 0.6 is 0 Å². The highest BCUT2D eigenvalue weighted by molar-refractivity contribution is 6.77. The molecular formula is C24H40O6Si. The van der Waals surface area contributed by atoms with Crippen molar-refractivity contribution in [1.29, 1.82) is 0 Å². The largest absolute Gasteiger partial charge is 0.457 e. The van der Waals surface area contributed by atoms with Gasteiger partial charge in [0.15, 0.2) is 12.4 Å². The molecule has 6 nitrogen and oxygen atoms in total. The molecule has 2 rings (SSSR count). The predicted molar refractivity (Wildman–Crippen MR) is 123 cm³/mol. The molecule has 0 unspecified atom stereocenters. The van der Waals surface area contributed by atoms with E-state index in [1.807, 2.05) is 37.3 Å². The molecule has 176 valence electrons. The lowest BCUT2D eigenvalue weighted by Crippen LogP contribution is -2.63. The van der Waals surface area contributed by atoms with Crippen molar-refractivity contribution in [2.45, 2.75) is 109 Å². The van der Waals surface area contributed by atoms with Gasteiger partial charge < -0.3 is 23.7 Å². The summed E-state index contributed by atoms with van der Waals surface area (Å²) in [6.07, 6.45) is -3.86. The van der Waals surface area contributed by atoms with Crippen LogP contribution in [0.1, 0.15) is 61.0 Å². The lowest BCUT2D eigenvalue weighted by molar-refractivity contribution is -0.286. The second-order valence-electron chi connectivity index (χ2n) is 9.47. The first-order valence-electron chi connectivity index (χ1n) is 11.3. The maximum Gasteiger partial charge on any atom is 0.303 e. The van der Waals surface area contributed by atoms with Gasteiger partial charge >= 0.3 is 5.97 Å². The van der Waals surface area contributed by atoms with Crippen molar-refractivity contribution < 1.29 is 28.5 Å². The molecule has 5 atom stereocenters. The Morgan fingerprint density at radius 2 is 1.58 bits per heavy atom. The number of rotatable bonds is 9. The second kappa shape index (κ2) is 11.1. The van der Waals surface area contributed by atoms with Crippen molar-refractivity contribution in [2.24, 2.45) is 0 Å². The number of hydrogen-bond acceptors (Lipinski definition) is 6. The van der Waals surface area contributed by atoms with E-state index >= 15 is 0 Å². The molecule has 7 heteroatoms. The van der Waals surface area contributed by atoms with Gasteiger partial charge in [0.05, 0.1) is 12.7 Å². The summed E-state index contributed by atoms with van der Waals surface area (Å²) in [5.41, 5.74) is 2.00. The van der Waals surface area contributed by atoms with Crippen molar-refractivity contribution >= 4 is 14.3 Å². The quantitative estimate of drug-likeness (QED) is 0.428. The lowest BCUT2D eigenvalue weighted by Gasteiger charge is -2.49. The minimum atomic E-state index is -2.31. The molecule has 1 aliphatic rings. The molecule has 1 fully saturated rings. The van der Waals surface area contributed by atoms with Crippen molar-refractivity contribution in [3.8, 4) is 0 Å². The van der Waals surface area contributed by atoms with E-state index in [2.05, 4.69) is 41.5 Å². The average Bonchev–Trinajstić information content (AvgIpc) is 2.68. The van der Waals surface area contributed by atoms with E-state index in [9.17, 15) is 9.90 Å². The molecule has 0 bridgehead atoms. The molecule has 1 aromatic carbocycles. The lowest BCUT2D eigenvalue weighted by atomic mass is 9.99. The Morgan fingerprint density at radius 3 is 2.06 bits per heavy atom. The number of benzene rings is 1. The zero-order chi connectivity index (χ0) is 23.3. The van der Waals surface area contributed by atoms with E-state index in [4.69, 9.17) is 18.6 Å². The van der Waals surface area contributed by atoms with E-state index in [1.54, 1.807) is 0 Å². The smallest absolute Gasteiger partial charge is 0.303 e. The fraction of sp³-hybridized carbons (Fsp3) is 0.708. The Bertz CT molecular complexity index is 671. The molecule has 0 saturated carbocycles. The van der Waals surface area contributed by atoms with Crippen LogP contribution in [0, 0.1) is 0 Å². The Labute approximate surface area is 188 Å². The topological polar surface area (TPSA) is 74.2 Å². The number of carbonyl (C=O) groups is 1. The first-order chi connectivity index (χ1) is 14.5. The standard InChI is InChI=1S/C24H40O6Si/c1-15(2)31(16(3)4,17(5)6)30-24-21(26)23(22(18(7)28-24)29-19(8)25)27-14-20-12-10-9-11-13-20/h9-13,15-18,21-24,26H,14H2,1-8H3/t18-,21-,22+,23-,24+/m1/s1. The summed E-state index contributed by atoms with van der Waals surface area (Å²) < 4.78 is 24.5. The van der Waals surface area contributed by atoms with Crippen molar-refractivity contribution in [2.75, 3.05) is 0 Å². The van der Waals surface area contributed by atoms with Crippen molar-refractivity contribution in [1.82, 2.24) is 0 Å². The van der Waals surface area contributed by atoms with E-state index < -0.39 is 45.0 Å². The molecular weight excluding hydrogens is 412 g/mol. The molecule has 1 N–H and O–H groups in total. The van der Waals surface area contributed by atoms with Gasteiger partial charge in [-0.1, -0.05) is 71.9 Å². The third-order valence-electron chi connectivity index (χ3n) is 6.37. The number of hydrogen-bond donors (Lipinski definition) is 1. The first-order valence-corrected chi connectivity index (χ1v) is 13.5. The van der Waals surface area contributed by atoms with E-state index in [0.717, 1.165) is 5.56 Å². The third-order valence-corrected chi connectivity index (χ3v) is 12.4. The molecule has 1 heterocycles. The van der Waals surface area contributed by atoms with Crippen LogP contribution in [0.3, 0.4) is 0 Å². The van der Waals surface area contributed by atoms with Gasteiger partial charge in [-0.25, -0.2) is 0 Å². The van der Waals surface area contributed by atoms with Crippen LogP contribution < -0.4 is 0 Å². The predicted octanol–water partition coefficient (Wildman–Crippen LogP) is 4.80. The number of aliphatic hydroxyl groups excluding tert-OH is 1. The number of carbonyl (C=O) groups excluding carboxylic acids is 1. The summed E-state index contributed by atoms with van der Waals surface area (Å²) in [5.74, 6) is -0.435. The highest BCUT2D eigenvalue weighted by Crippen LogP contribution is 2.44. The zero-order valence-corrected chi connectivity index (χ0v) is 21.2. The van der Waals surface area contributed by atoms with Gasteiger partial charge in [-0.2, -0.15) is 0 Å². The summed E-state index contributed by atoms with van der Waals surface area (Å²) in [5, 5.41) is 11.3. The average molecular weight is 453 g/mol. The Kier molecular flexibility index (Phi) is 9.27. The number of ether oxygens (including phenoxy) is 3. The summed E-state index contributed by atoms with van der Waals surface area (Å²) in [6.45, 7) is 16.6. The molecule has 0 radical (unpaired) electrons. The normalized spacial score (nSPS) is 27.2. The highest BCUT2D eigenvalue weighted by Gasteiger charge is 2.53. The molecule has 0 aromatic heterocycles. The minimum absolute atomic E-state index is 0.293. The van der Waals surface area contributed by atoms with Gasteiger partial charge in [0.2, 0.25) is 8.32 Å². The van der Waals surface area contributed by atoms with E-state index in [1.165, 1.54) is 6.92 Å². The van der Waals surface area contributed by atoms with Crippen LogP contribution in [-0.2, 0) is 30.0 Å². The zero-order valence-electron chi connectivity index (χ0n) is 20.2. The monoisotopic (exact) mass is 452 g/mol. The highest BCUT2D eigenvalue weighted by atomic mass is 28.4. The molecule has 31 heavy (non-hydrogen) atoms. The van der Waals surface area contributed by atoms with Crippen LogP contribution in [0.2, 0.25) is 16.6 Å². The maximum absolute atomic E-state index is 11.7. The van der Waals surface area contributed by atoms with Gasteiger partial charge in [-0.3, -0.25) is 4.79 Å². The summed E-state index contributed by atoms with van der Waals surface area (Å²) in [4.78, 5) is 11.7. The van der Waals surface area contributed by atoms with Crippen molar-refractivity contribution in [3.05, 3.63) is 35.9 Å². The van der Waals surface area contributed by atoms with Crippen molar-refractivity contribution in [3.63, 3.8) is 0 Å². The van der Waals surface area contributed by atoms with Crippen LogP contribution in [0.5, 0.6) is 0 Å². The minimum Gasteiger partial charge on any atom is -0.457 e. The third kappa shape index (κ3) is 5.96. The van der Waals surface area contributed by atoms with Gasteiger partial charge in [-0.05, 0) is 29.1 Å². The van der Waals surface area contributed by atoms with Crippen LogP contribution in [0.15, 0.2) is 30.3 Å². The molecule has 0 spiro atoms. The summed E-state index contributed by atoms with van der Waals surface area (Å²) in [7, 11) is -2.31. The second-order valence-corrected chi connectivity index (χ2v) is 14.9. The van der Waals surface area contributed by atoms with Gasteiger partial charge in [0.25, 0.3) is 0 Å². The van der Waals surface area contributed by atoms with Gasteiger partial charge in [0, 0.05) is 6.92 Å². The molecule has 0 aliphatic carbocycles. The number of aliphatic hydroxyl groups is 1. The van der Waals surface area contributed by atoms with Crippen LogP contribution in [-0.4, -0.2) is 50.1 Å². The van der Waals surface area contributed by atoms with Gasteiger partial charge in [-0.15, -0.1) is 0 Å². The summed E-state index contributed by atoms with van der Waals surface area (Å²) in [6, 6.07) is 9.72. The Hall–Kier alpha value is -1.25. The maximum atomic E-state index is 11.7. The Morgan fingerprint density at radius 1 is 1.03 bits per heavy atom. The molecule has 0 amide bonds. The first kappa shape index (κ1) is 26.0. The SMILES string of the molecule is CC(=O)O[C@@H]1[C@H](OCc2ccccc2)[C@@H](O)[C@H](O[Si](C(C)C)(C(C)C)C(C)C)O[C@@H]1C. The number of esters is 1. The summed E-state index contributed by atoms with van der Waals surface area (Å²) >= 11 is 0. The van der Waals surface area contributed by atoms with Crippen LogP contribution in [0.4, 0.5) is 0 Å². The van der Waals surface area contributed by atoms with Crippen LogP contribution in [0.25, 0.3) is 0 Å². The molecule has 1 saturated heterocycles. The van der Waals surface area contributed by atoms with E-state index in [0.29, 0.717) is 23.2 Å². The Balaban J connectivity index is 2.30. The van der Waals surface area contributed by atoms with E-state index in [-0.39, 0.29) is 0 Å². The fourth-order valence-electron chi connectivity index (χ4n) is 5.01. The van der Waals surface area contributed by atoms with Gasteiger partial charge in [0.1, 0.15) is 12.2 Å². The molecule has 1 aromatic rings. The molecule has 1 aliphatic heterocycles. The fourth-order valence-corrected chi connectivity index (χ4v) is 10.4.